The van der Waals surface area contributed by atoms with Gasteiger partial charge in [0, 0.05) is 18.0 Å². The Bertz CT molecular complexity index is 925. The first-order chi connectivity index (χ1) is 12.4. The van der Waals surface area contributed by atoms with Crippen LogP contribution in [-0.4, -0.2) is 60.3 Å². The molecule has 0 fully saturated rings. The van der Waals surface area contributed by atoms with Gasteiger partial charge in [-0.2, -0.15) is 13.2 Å². The second kappa shape index (κ2) is 7.85. The monoisotopic (exact) mass is 406 g/mol. The molecule has 1 amide bonds. The van der Waals surface area contributed by atoms with E-state index in [4.69, 9.17) is 0 Å². The molecule has 0 spiro atoms. The van der Waals surface area contributed by atoms with Crippen LogP contribution in [0.15, 0.2) is 18.2 Å². The van der Waals surface area contributed by atoms with Crippen LogP contribution in [0.5, 0.6) is 0 Å². The van der Waals surface area contributed by atoms with Crippen molar-refractivity contribution >= 4 is 32.5 Å². The van der Waals surface area contributed by atoms with Gasteiger partial charge in [-0.3, -0.25) is 9.69 Å². The molecule has 27 heavy (non-hydrogen) atoms. The van der Waals surface area contributed by atoms with Crippen molar-refractivity contribution in [3.63, 3.8) is 0 Å². The summed E-state index contributed by atoms with van der Waals surface area (Å²) in [4.78, 5) is 19.6. The fourth-order valence-electron chi connectivity index (χ4n) is 2.73. The molecule has 0 saturated heterocycles. The van der Waals surface area contributed by atoms with Crippen molar-refractivity contribution in [1.29, 1.82) is 0 Å². The van der Waals surface area contributed by atoms with E-state index in [1.54, 1.807) is 18.7 Å². The smallest absolute Gasteiger partial charge is 0.334 e. The van der Waals surface area contributed by atoms with Gasteiger partial charge in [0.25, 0.3) is 0 Å². The quantitative estimate of drug-likeness (QED) is 0.736. The molecule has 0 aliphatic rings. The van der Waals surface area contributed by atoms with Gasteiger partial charge in [0.2, 0.25) is 11.7 Å². The largest absolute Gasteiger partial charge is 0.449 e. The summed E-state index contributed by atoms with van der Waals surface area (Å²) in [5.41, 5.74) is 0.604. The fraction of sp³-hybridized carbons (Fsp3) is 0.500. The van der Waals surface area contributed by atoms with Crippen LogP contribution in [-0.2, 0) is 20.8 Å². The molecule has 150 valence electrons. The molecule has 11 heteroatoms. The van der Waals surface area contributed by atoms with Crippen molar-refractivity contribution < 1.29 is 26.4 Å². The minimum atomic E-state index is -4.58. The number of benzene rings is 1. The highest BCUT2D eigenvalue weighted by molar-refractivity contribution is 7.90. The van der Waals surface area contributed by atoms with Crippen molar-refractivity contribution in [2.45, 2.75) is 26.1 Å². The van der Waals surface area contributed by atoms with Gasteiger partial charge in [0.1, 0.15) is 9.84 Å². The summed E-state index contributed by atoms with van der Waals surface area (Å²) in [6.45, 7) is 3.95. The summed E-state index contributed by atoms with van der Waals surface area (Å²) in [6, 6.07) is 3.85. The van der Waals surface area contributed by atoms with Crippen LogP contribution in [0.2, 0.25) is 0 Å². The number of amides is 1. The highest BCUT2D eigenvalue weighted by atomic mass is 32.2. The first kappa shape index (κ1) is 21.2. The predicted octanol–water partition coefficient (Wildman–Crippen LogP) is 2.28. The number of nitrogens with one attached hydrogen (secondary N) is 2. The standard InChI is InChI=1S/C16H21F3N4O3S/c1-4-23(10(2)9-27(3,25)26)8-14(24)20-11-5-6-12-13(7-11)22-15(21-12)16(17,18)19/h5-7,10H,4,8-9H2,1-3H3,(H,20,24)(H,21,22). The van der Waals surface area contributed by atoms with Gasteiger partial charge in [-0.25, -0.2) is 13.4 Å². The number of H-pyrrole nitrogens is 1. The topological polar surface area (TPSA) is 95.2 Å². The van der Waals surface area contributed by atoms with Crippen LogP contribution in [0.25, 0.3) is 11.0 Å². The summed E-state index contributed by atoms with van der Waals surface area (Å²) in [5, 5.41) is 2.61. The lowest BCUT2D eigenvalue weighted by Gasteiger charge is -2.26. The van der Waals surface area contributed by atoms with Crippen molar-refractivity contribution in [1.82, 2.24) is 14.9 Å². The number of anilines is 1. The number of alkyl halides is 3. The van der Waals surface area contributed by atoms with E-state index in [2.05, 4.69) is 15.3 Å². The number of hydrogen-bond acceptors (Lipinski definition) is 5. The third-order valence-electron chi connectivity index (χ3n) is 3.95. The lowest BCUT2D eigenvalue weighted by atomic mass is 10.2. The summed E-state index contributed by atoms with van der Waals surface area (Å²) in [5.74, 6) is -1.58. The molecular formula is C16H21F3N4O3S. The molecule has 1 aromatic heterocycles. The van der Waals surface area contributed by atoms with E-state index < -0.39 is 27.7 Å². The molecule has 0 aliphatic carbocycles. The second-order valence-corrected chi connectivity index (χ2v) is 8.55. The Kier molecular flexibility index (Phi) is 6.15. The molecule has 2 rings (SSSR count). The van der Waals surface area contributed by atoms with E-state index in [1.165, 1.54) is 18.2 Å². The van der Waals surface area contributed by atoms with E-state index in [1.807, 2.05) is 0 Å². The third-order valence-corrected chi connectivity index (χ3v) is 5.04. The summed E-state index contributed by atoms with van der Waals surface area (Å²) in [6.07, 6.45) is -3.45. The first-order valence-electron chi connectivity index (χ1n) is 8.17. The molecule has 0 saturated carbocycles. The van der Waals surface area contributed by atoms with Crippen LogP contribution in [0.4, 0.5) is 18.9 Å². The number of halogens is 3. The van der Waals surface area contributed by atoms with Crippen LogP contribution in [0.3, 0.4) is 0 Å². The van der Waals surface area contributed by atoms with Crippen LogP contribution < -0.4 is 5.32 Å². The van der Waals surface area contributed by atoms with Crippen molar-refractivity contribution in [2.24, 2.45) is 0 Å². The minimum absolute atomic E-state index is 0.0397. The number of nitrogens with zero attached hydrogens (tertiary/aromatic N) is 2. The number of likely N-dealkylation sites (N-methyl/N-ethyl adjacent to an activating group) is 1. The Morgan fingerprint density at radius 3 is 2.59 bits per heavy atom. The zero-order valence-electron chi connectivity index (χ0n) is 15.1. The maximum Gasteiger partial charge on any atom is 0.449 e. The van der Waals surface area contributed by atoms with Gasteiger partial charge < -0.3 is 10.3 Å². The molecule has 2 N–H and O–H groups in total. The van der Waals surface area contributed by atoms with E-state index in [-0.39, 0.29) is 29.4 Å². The maximum atomic E-state index is 12.7. The lowest BCUT2D eigenvalue weighted by molar-refractivity contribution is -0.144. The number of aromatic nitrogens is 2. The van der Waals surface area contributed by atoms with E-state index in [0.717, 1.165) is 6.26 Å². The molecule has 0 bridgehead atoms. The molecule has 0 radical (unpaired) electrons. The molecule has 7 nitrogen and oxygen atoms in total. The van der Waals surface area contributed by atoms with Gasteiger partial charge in [-0.15, -0.1) is 0 Å². The number of fused-ring (bicyclic) bond motifs is 1. The van der Waals surface area contributed by atoms with Gasteiger partial charge in [-0.1, -0.05) is 6.92 Å². The van der Waals surface area contributed by atoms with Crippen LogP contribution in [0, 0.1) is 0 Å². The van der Waals surface area contributed by atoms with Crippen molar-refractivity contribution in [3.05, 3.63) is 24.0 Å². The molecule has 1 atom stereocenters. The second-order valence-electron chi connectivity index (χ2n) is 6.37. The van der Waals surface area contributed by atoms with Gasteiger partial charge in [0.15, 0.2) is 0 Å². The number of imidazole rings is 1. The maximum absolute atomic E-state index is 12.7. The molecule has 1 unspecified atom stereocenters. The normalized spacial score (nSPS) is 13.9. The fourth-order valence-corrected chi connectivity index (χ4v) is 3.82. The Morgan fingerprint density at radius 2 is 2.04 bits per heavy atom. The third kappa shape index (κ3) is 5.93. The Labute approximate surface area is 154 Å². The number of hydrogen-bond donors (Lipinski definition) is 2. The molecule has 0 aliphatic heterocycles. The van der Waals surface area contributed by atoms with E-state index in [0.29, 0.717) is 12.2 Å². The summed E-state index contributed by atoms with van der Waals surface area (Å²) in [7, 11) is -3.18. The average molecular weight is 406 g/mol. The van der Waals surface area contributed by atoms with Crippen LogP contribution >= 0.6 is 0 Å². The van der Waals surface area contributed by atoms with E-state index in [9.17, 15) is 26.4 Å². The van der Waals surface area contributed by atoms with Gasteiger partial charge in [-0.05, 0) is 31.7 Å². The van der Waals surface area contributed by atoms with E-state index >= 15 is 0 Å². The Hall–Kier alpha value is -2.14. The minimum Gasteiger partial charge on any atom is -0.334 e. The molecule has 2 aromatic rings. The zero-order valence-corrected chi connectivity index (χ0v) is 15.9. The lowest BCUT2D eigenvalue weighted by Crippen LogP contribution is -2.42. The number of carbonyl (C=O) groups excluding carboxylic acids is 1. The highest BCUT2D eigenvalue weighted by Gasteiger charge is 2.34. The SMILES string of the molecule is CCN(CC(=O)Nc1ccc2nc(C(F)(F)F)[nH]c2c1)C(C)CS(C)(=O)=O. The highest BCUT2D eigenvalue weighted by Crippen LogP contribution is 2.29. The Balaban J connectivity index is 2.08. The number of carbonyl (C=O) groups is 1. The zero-order chi connectivity index (χ0) is 20.4. The molecule has 1 heterocycles. The summed E-state index contributed by atoms with van der Waals surface area (Å²) >= 11 is 0. The summed E-state index contributed by atoms with van der Waals surface area (Å²) < 4.78 is 60.9. The number of rotatable bonds is 7. The van der Waals surface area contributed by atoms with Gasteiger partial charge in [0.05, 0.1) is 23.3 Å². The molecular weight excluding hydrogens is 385 g/mol. The Morgan fingerprint density at radius 1 is 1.37 bits per heavy atom. The van der Waals surface area contributed by atoms with Crippen LogP contribution in [0.1, 0.15) is 19.7 Å². The number of aromatic amines is 1. The average Bonchev–Trinajstić information content (AvgIpc) is 2.94. The van der Waals surface area contributed by atoms with Crippen molar-refractivity contribution in [2.75, 3.05) is 30.4 Å². The molecule has 1 aromatic carbocycles. The number of sulfone groups is 1. The van der Waals surface area contributed by atoms with Gasteiger partial charge >= 0.3 is 6.18 Å². The van der Waals surface area contributed by atoms with Crippen molar-refractivity contribution in [3.8, 4) is 0 Å². The predicted molar refractivity (Wildman–Crippen MR) is 96.1 cm³/mol. The first-order valence-corrected chi connectivity index (χ1v) is 10.2.